The van der Waals surface area contributed by atoms with Gasteiger partial charge in [-0.15, -0.1) is 0 Å². The fraction of sp³-hybridized carbons (Fsp3) is 0.375. The lowest BCUT2D eigenvalue weighted by Crippen LogP contribution is -2.16. The smallest absolute Gasteiger partial charge is 0.00433 e. The van der Waals surface area contributed by atoms with Gasteiger partial charge in [-0.3, -0.25) is 0 Å². The molecule has 2 rings (SSSR count). The Labute approximate surface area is 104 Å². The molecule has 1 N–H and O–H groups in total. The first-order valence-electron chi connectivity index (χ1n) is 6.51. The van der Waals surface area contributed by atoms with Crippen LogP contribution in [0.3, 0.4) is 0 Å². The van der Waals surface area contributed by atoms with Crippen LogP contribution in [-0.4, -0.2) is 13.1 Å². The fourth-order valence-electron chi connectivity index (χ4n) is 2.33. The fourth-order valence-corrected chi connectivity index (χ4v) is 2.33. The molecule has 0 aliphatic heterocycles. The van der Waals surface area contributed by atoms with E-state index in [0.717, 1.165) is 13.1 Å². The zero-order valence-electron chi connectivity index (χ0n) is 10.7. The molecule has 0 aliphatic carbocycles. The maximum atomic E-state index is 3.40. The zero-order chi connectivity index (χ0) is 12.1. The highest BCUT2D eigenvalue weighted by molar-refractivity contribution is 5.86. The summed E-state index contributed by atoms with van der Waals surface area (Å²) in [6.45, 7) is 6.63. The van der Waals surface area contributed by atoms with Crippen molar-refractivity contribution in [3.63, 3.8) is 0 Å². The molecule has 1 unspecified atom stereocenters. The van der Waals surface area contributed by atoms with Gasteiger partial charge in [0.1, 0.15) is 0 Å². The Morgan fingerprint density at radius 3 is 2.65 bits per heavy atom. The van der Waals surface area contributed by atoms with Crippen LogP contribution in [0.4, 0.5) is 0 Å². The molecule has 0 heterocycles. The summed E-state index contributed by atoms with van der Waals surface area (Å²) in [6.07, 6.45) is 1.20. The minimum Gasteiger partial charge on any atom is -0.317 e. The van der Waals surface area contributed by atoms with Crippen LogP contribution in [0.1, 0.15) is 31.7 Å². The maximum Gasteiger partial charge on any atom is -0.00433 e. The lowest BCUT2D eigenvalue weighted by Gasteiger charge is -2.14. The summed E-state index contributed by atoms with van der Waals surface area (Å²) in [5.74, 6) is 0.611. The summed E-state index contributed by atoms with van der Waals surface area (Å²) >= 11 is 0. The summed E-state index contributed by atoms with van der Waals surface area (Å²) in [5, 5.41) is 6.15. The molecule has 90 valence electrons. The van der Waals surface area contributed by atoms with E-state index in [0.29, 0.717) is 5.92 Å². The molecule has 0 spiro atoms. The van der Waals surface area contributed by atoms with E-state index in [1.54, 1.807) is 0 Å². The first kappa shape index (κ1) is 12.1. The molecule has 0 radical (unpaired) electrons. The van der Waals surface area contributed by atoms with E-state index in [1.807, 2.05) is 0 Å². The van der Waals surface area contributed by atoms with Crippen molar-refractivity contribution < 1.29 is 0 Å². The van der Waals surface area contributed by atoms with Crippen LogP contribution in [0.25, 0.3) is 10.8 Å². The highest BCUT2D eigenvalue weighted by Crippen LogP contribution is 2.27. The highest BCUT2D eigenvalue weighted by Gasteiger charge is 2.08. The maximum absolute atomic E-state index is 3.40. The standard InChI is InChI=1S/C16H21N/c1-3-17-12-11-13(2)15-10-6-8-14-7-4-5-9-16(14)15/h4-10,13,17H,3,11-12H2,1-2H3. The molecule has 1 nitrogen and oxygen atoms in total. The van der Waals surface area contributed by atoms with E-state index in [-0.39, 0.29) is 0 Å². The molecule has 0 bridgehead atoms. The molecule has 1 heteroatoms. The summed E-state index contributed by atoms with van der Waals surface area (Å²) in [6, 6.07) is 15.3. The molecule has 0 aromatic heterocycles. The number of fused-ring (bicyclic) bond motifs is 1. The quantitative estimate of drug-likeness (QED) is 0.763. The van der Waals surface area contributed by atoms with E-state index < -0.39 is 0 Å². The molecule has 0 saturated carbocycles. The van der Waals surface area contributed by atoms with Gasteiger partial charge >= 0.3 is 0 Å². The molecule has 17 heavy (non-hydrogen) atoms. The van der Waals surface area contributed by atoms with Crippen molar-refractivity contribution in [1.82, 2.24) is 5.32 Å². The Kier molecular flexibility index (Phi) is 4.16. The summed E-state index contributed by atoms with van der Waals surface area (Å²) in [7, 11) is 0. The summed E-state index contributed by atoms with van der Waals surface area (Å²) in [5.41, 5.74) is 1.47. The Hall–Kier alpha value is -1.34. The second kappa shape index (κ2) is 5.83. The third kappa shape index (κ3) is 2.86. The topological polar surface area (TPSA) is 12.0 Å². The van der Waals surface area contributed by atoms with Crippen LogP contribution in [0.5, 0.6) is 0 Å². The number of rotatable bonds is 5. The second-order valence-corrected chi connectivity index (χ2v) is 4.61. The molecule has 1 atom stereocenters. The molecule has 2 aromatic carbocycles. The normalized spacial score (nSPS) is 12.8. The van der Waals surface area contributed by atoms with Crippen molar-refractivity contribution in [2.75, 3.05) is 13.1 Å². The molecular weight excluding hydrogens is 206 g/mol. The number of hydrogen-bond donors (Lipinski definition) is 1. The van der Waals surface area contributed by atoms with Crippen molar-refractivity contribution in [2.24, 2.45) is 0 Å². The zero-order valence-corrected chi connectivity index (χ0v) is 10.7. The van der Waals surface area contributed by atoms with Gasteiger partial charge in [0.15, 0.2) is 0 Å². The Morgan fingerprint density at radius 2 is 1.82 bits per heavy atom. The average molecular weight is 227 g/mol. The summed E-state index contributed by atoms with van der Waals surface area (Å²) < 4.78 is 0. The van der Waals surface area contributed by atoms with Crippen LogP contribution in [-0.2, 0) is 0 Å². The van der Waals surface area contributed by atoms with Crippen molar-refractivity contribution in [3.05, 3.63) is 48.0 Å². The van der Waals surface area contributed by atoms with Gasteiger partial charge in [0.2, 0.25) is 0 Å². The van der Waals surface area contributed by atoms with Crippen LogP contribution in [0.2, 0.25) is 0 Å². The summed E-state index contributed by atoms with van der Waals surface area (Å²) in [4.78, 5) is 0. The molecular formula is C16H21N. The Morgan fingerprint density at radius 1 is 1.06 bits per heavy atom. The predicted molar refractivity (Wildman–Crippen MR) is 75.5 cm³/mol. The van der Waals surface area contributed by atoms with Gasteiger partial charge in [-0.25, -0.2) is 0 Å². The molecule has 0 saturated heterocycles. The van der Waals surface area contributed by atoms with E-state index >= 15 is 0 Å². The molecule has 0 aliphatic rings. The predicted octanol–water partition coefficient (Wildman–Crippen LogP) is 3.94. The number of hydrogen-bond acceptors (Lipinski definition) is 1. The Balaban J connectivity index is 2.22. The van der Waals surface area contributed by atoms with Gasteiger partial charge in [0, 0.05) is 0 Å². The first-order chi connectivity index (χ1) is 8.33. The van der Waals surface area contributed by atoms with Gasteiger partial charge in [0.05, 0.1) is 0 Å². The first-order valence-corrected chi connectivity index (χ1v) is 6.51. The largest absolute Gasteiger partial charge is 0.317 e. The van der Waals surface area contributed by atoms with Crippen molar-refractivity contribution in [3.8, 4) is 0 Å². The molecule has 0 amide bonds. The van der Waals surface area contributed by atoms with Gasteiger partial charge in [0.25, 0.3) is 0 Å². The number of nitrogens with one attached hydrogen (secondary N) is 1. The van der Waals surface area contributed by atoms with Crippen LogP contribution < -0.4 is 5.32 Å². The lowest BCUT2D eigenvalue weighted by atomic mass is 9.92. The van der Waals surface area contributed by atoms with Crippen molar-refractivity contribution in [1.29, 1.82) is 0 Å². The van der Waals surface area contributed by atoms with Crippen LogP contribution in [0.15, 0.2) is 42.5 Å². The van der Waals surface area contributed by atoms with Gasteiger partial charge in [-0.2, -0.15) is 0 Å². The van der Waals surface area contributed by atoms with Gasteiger partial charge in [-0.1, -0.05) is 56.3 Å². The van der Waals surface area contributed by atoms with E-state index in [9.17, 15) is 0 Å². The third-order valence-corrected chi connectivity index (χ3v) is 3.36. The van der Waals surface area contributed by atoms with Gasteiger partial charge in [-0.05, 0) is 41.8 Å². The van der Waals surface area contributed by atoms with E-state index in [1.165, 1.54) is 22.8 Å². The monoisotopic (exact) mass is 227 g/mol. The van der Waals surface area contributed by atoms with E-state index in [2.05, 4.69) is 61.6 Å². The van der Waals surface area contributed by atoms with E-state index in [4.69, 9.17) is 0 Å². The highest BCUT2D eigenvalue weighted by atomic mass is 14.8. The van der Waals surface area contributed by atoms with Crippen LogP contribution in [0, 0.1) is 0 Å². The number of benzene rings is 2. The van der Waals surface area contributed by atoms with Gasteiger partial charge < -0.3 is 5.32 Å². The SMILES string of the molecule is CCNCCC(C)c1cccc2ccccc12. The second-order valence-electron chi connectivity index (χ2n) is 4.61. The van der Waals surface area contributed by atoms with Crippen molar-refractivity contribution in [2.45, 2.75) is 26.2 Å². The lowest BCUT2D eigenvalue weighted by molar-refractivity contribution is 0.611. The molecule has 0 fully saturated rings. The van der Waals surface area contributed by atoms with Crippen LogP contribution >= 0.6 is 0 Å². The Bertz CT molecular complexity index is 470. The average Bonchev–Trinajstić information content (AvgIpc) is 2.38. The van der Waals surface area contributed by atoms with Crippen molar-refractivity contribution >= 4 is 10.8 Å². The minimum atomic E-state index is 0.611. The minimum absolute atomic E-state index is 0.611. The third-order valence-electron chi connectivity index (χ3n) is 3.36. The molecule has 2 aromatic rings.